The Balaban J connectivity index is 2.76. The summed E-state index contributed by atoms with van der Waals surface area (Å²) in [4.78, 5) is 4.47. The molecule has 78 valence electrons. The van der Waals surface area contributed by atoms with Gasteiger partial charge in [-0.1, -0.05) is 32.0 Å². The minimum atomic E-state index is 0.508. The molecule has 1 N–H and O–H groups in total. The van der Waals surface area contributed by atoms with Gasteiger partial charge in [0.25, 0.3) is 0 Å². The smallest absolute Gasteiger partial charge is 0.0757 e. The van der Waals surface area contributed by atoms with Crippen molar-refractivity contribution >= 4 is 16.6 Å². The molecule has 2 nitrogen and oxygen atoms in total. The highest BCUT2D eigenvalue weighted by molar-refractivity contribution is 5.93. The van der Waals surface area contributed by atoms with Gasteiger partial charge in [-0.2, -0.15) is 0 Å². The average Bonchev–Trinajstić information content (AvgIpc) is 2.27. The molecule has 0 saturated carbocycles. The molecule has 0 amide bonds. The third-order valence-corrected chi connectivity index (χ3v) is 2.69. The average molecular weight is 200 g/mol. The number of benzene rings is 1. The zero-order valence-corrected chi connectivity index (χ0v) is 9.41. The lowest BCUT2D eigenvalue weighted by Gasteiger charge is -2.11. The van der Waals surface area contributed by atoms with Gasteiger partial charge in [0, 0.05) is 24.3 Å². The van der Waals surface area contributed by atoms with E-state index < -0.39 is 0 Å². The zero-order chi connectivity index (χ0) is 10.8. The predicted octanol–water partition coefficient (Wildman–Crippen LogP) is 3.40. The first-order valence-electron chi connectivity index (χ1n) is 5.29. The van der Waals surface area contributed by atoms with Crippen molar-refractivity contribution < 1.29 is 0 Å². The van der Waals surface area contributed by atoms with E-state index in [0.717, 1.165) is 11.2 Å². The number of anilines is 1. The third-order valence-electron chi connectivity index (χ3n) is 2.69. The Bertz CT molecular complexity index is 475. The Morgan fingerprint density at radius 1 is 1.20 bits per heavy atom. The van der Waals surface area contributed by atoms with Gasteiger partial charge in [-0.3, -0.25) is 4.98 Å². The Morgan fingerprint density at radius 3 is 2.67 bits per heavy atom. The summed E-state index contributed by atoms with van der Waals surface area (Å²) in [6.45, 7) is 4.39. The van der Waals surface area contributed by atoms with Crippen molar-refractivity contribution in [2.24, 2.45) is 0 Å². The second-order valence-electron chi connectivity index (χ2n) is 4.01. The van der Waals surface area contributed by atoms with E-state index in [9.17, 15) is 0 Å². The Hall–Kier alpha value is -1.57. The Labute approximate surface area is 90.3 Å². The van der Waals surface area contributed by atoms with Crippen molar-refractivity contribution in [2.75, 3.05) is 12.4 Å². The third kappa shape index (κ3) is 1.67. The molecule has 1 aromatic carbocycles. The quantitative estimate of drug-likeness (QED) is 0.803. The van der Waals surface area contributed by atoms with Gasteiger partial charge in [0.15, 0.2) is 0 Å². The number of fused-ring (bicyclic) bond motifs is 1. The number of hydrogen-bond donors (Lipinski definition) is 1. The minimum Gasteiger partial charge on any atom is -0.388 e. The van der Waals surface area contributed by atoms with Crippen LogP contribution in [-0.2, 0) is 0 Å². The van der Waals surface area contributed by atoms with Crippen LogP contribution in [0.3, 0.4) is 0 Å². The van der Waals surface area contributed by atoms with Crippen LogP contribution in [0.4, 0.5) is 5.69 Å². The van der Waals surface area contributed by atoms with Crippen molar-refractivity contribution in [3.8, 4) is 0 Å². The first-order chi connectivity index (χ1) is 7.24. The fourth-order valence-corrected chi connectivity index (χ4v) is 1.88. The van der Waals surface area contributed by atoms with Crippen molar-refractivity contribution in [1.29, 1.82) is 0 Å². The lowest BCUT2D eigenvalue weighted by atomic mass is 9.99. The lowest BCUT2D eigenvalue weighted by molar-refractivity contribution is 0.873. The molecule has 0 spiro atoms. The number of rotatable bonds is 2. The molecule has 0 unspecified atom stereocenters. The highest BCUT2D eigenvalue weighted by Gasteiger charge is 2.07. The fraction of sp³-hybridized carbons (Fsp3) is 0.308. The molecule has 1 heterocycles. The van der Waals surface area contributed by atoms with Crippen LogP contribution in [-0.4, -0.2) is 12.0 Å². The van der Waals surface area contributed by atoms with Crippen LogP contribution < -0.4 is 5.32 Å². The first kappa shape index (κ1) is 9.97. The molecular weight excluding hydrogens is 184 g/mol. The van der Waals surface area contributed by atoms with Gasteiger partial charge < -0.3 is 5.32 Å². The van der Waals surface area contributed by atoms with E-state index in [-0.39, 0.29) is 0 Å². The molecule has 0 aliphatic rings. The number of hydrogen-bond acceptors (Lipinski definition) is 2. The summed E-state index contributed by atoms with van der Waals surface area (Å²) in [5.74, 6) is 0.508. The van der Waals surface area contributed by atoms with Crippen molar-refractivity contribution in [2.45, 2.75) is 19.8 Å². The SMILES string of the molecule is CNc1ccnc2c(C(C)C)cccc12. The molecule has 2 heteroatoms. The van der Waals surface area contributed by atoms with E-state index in [1.807, 2.05) is 19.3 Å². The van der Waals surface area contributed by atoms with Crippen LogP contribution >= 0.6 is 0 Å². The van der Waals surface area contributed by atoms with Gasteiger partial charge >= 0.3 is 0 Å². The lowest BCUT2D eigenvalue weighted by Crippen LogP contribution is -1.95. The van der Waals surface area contributed by atoms with E-state index in [1.165, 1.54) is 10.9 Å². The summed E-state index contributed by atoms with van der Waals surface area (Å²) in [6.07, 6.45) is 1.86. The maximum absolute atomic E-state index is 4.47. The van der Waals surface area contributed by atoms with Gasteiger partial charge in [0.1, 0.15) is 0 Å². The van der Waals surface area contributed by atoms with Crippen LogP contribution in [0.5, 0.6) is 0 Å². The van der Waals surface area contributed by atoms with E-state index in [1.54, 1.807) is 0 Å². The molecule has 0 fully saturated rings. The monoisotopic (exact) mass is 200 g/mol. The molecule has 0 atom stereocenters. The molecule has 15 heavy (non-hydrogen) atoms. The van der Waals surface area contributed by atoms with Crippen molar-refractivity contribution in [1.82, 2.24) is 4.98 Å². The molecular formula is C13H16N2. The van der Waals surface area contributed by atoms with Gasteiger partial charge in [0.2, 0.25) is 0 Å². The summed E-state index contributed by atoms with van der Waals surface area (Å²) in [5.41, 5.74) is 3.56. The predicted molar refractivity (Wildman–Crippen MR) is 65.4 cm³/mol. The number of para-hydroxylation sites is 1. The maximum atomic E-state index is 4.47. The minimum absolute atomic E-state index is 0.508. The van der Waals surface area contributed by atoms with Crippen LogP contribution in [0.2, 0.25) is 0 Å². The van der Waals surface area contributed by atoms with Gasteiger partial charge in [-0.05, 0) is 17.5 Å². The molecule has 2 aromatic rings. The number of nitrogens with one attached hydrogen (secondary N) is 1. The summed E-state index contributed by atoms with van der Waals surface area (Å²) in [7, 11) is 1.94. The highest BCUT2D eigenvalue weighted by Crippen LogP contribution is 2.27. The maximum Gasteiger partial charge on any atom is 0.0757 e. The fourth-order valence-electron chi connectivity index (χ4n) is 1.88. The van der Waals surface area contributed by atoms with Crippen LogP contribution in [0, 0.1) is 0 Å². The summed E-state index contributed by atoms with van der Waals surface area (Å²) in [5, 5.41) is 4.40. The number of pyridine rings is 1. The highest BCUT2D eigenvalue weighted by atomic mass is 14.8. The van der Waals surface area contributed by atoms with Gasteiger partial charge in [-0.15, -0.1) is 0 Å². The van der Waals surface area contributed by atoms with E-state index in [4.69, 9.17) is 0 Å². The topological polar surface area (TPSA) is 24.9 Å². The molecule has 0 radical (unpaired) electrons. The second kappa shape index (κ2) is 3.89. The van der Waals surface area contributed by atoms with Gasteiger partial charge in [0.05, 0.1) is 5.52 Å². The summed E-state index contributed by atoms with van der Waals surface area (Å²) < 4.78 is 0. The summed E-state index contributed by atoms with van der Waals surface area (Å²) >= 11 is 0. The first-order valence-corrected chi connectivity index (χ1v) is 5.29. The molecule has 2 rings (SSSR count). The van der Waals surface area contributed by atoms with Crippen molar-refractivity contribution in [3.63, 3.8) is 0 Å². The molecule has 1 aromatic heterocycles. The molecule has 0 aliphatic heterocycles. The molecule has 0 saturated heterocycles. The van der Waals surface area contributed by atoms with Crippen LogP contribution in [0.25, 0.3) is 10.9 Å². The Morgan fingerprint density at radius 2 is 2.00 bits per heavy atom. The van der Waals surface area contributed by atoms with Crippen LogP contribution in [0.15, 0.2) is 30.5 Å². The molecule has 0 bridgehead atoms. The second-order valence-corrected chi connectivity index (χ2v) is 4.01. The van der Waals surface area contributed by atoms with Crippen LogP contribution in [0.1, 0.15) is 25.3 Å². The largest absolute Gasteiger partial charge is 0.388 e. The normalized spacial score (nSPS) is 10.9. The summed E-state index contributed by atoms with van der Waals surface area (Å²) in [6, 6.07) is 8.37. The standard InChI is InChI=1S/C13H16N2/c1-9(2)10-5-4-6-11-12(14-3)7-8-15-13(10)11/h4-9H,1-3H3,(H,14,15). The van der Waals surface area contributed by atoms with E-state index in [0.29, 0.717) is 5.92 Å². The van der Waals surface area contributed by atoms with E-state index in [2.05, 4.69) is 42.3 Å². The zero-order valence-electron chi connectivity index (χ0n) is 9.41. The Kier molecular flexibility index (Phi) is 2.58. The van der Waals surface area contributed by atoms with Crippen molar-refractivity contribution in [3.05, 3.63) is 36.0 Å². The van der Waals surface area contributed by atoms with E-state index >= 15 is 0 Å². The van der Waals surface area contributed by atoms with Gasteiger partial charge in [-0.25, -0.2) is 0 Å². The number of aromatic nitrogens is 1. The number of nitrogens with zero attached hydrogens (tertiary/aromatic N) is 1. The molecule has 0 aliphatic carbocycles.